The van der Waals surface area contributed by atoms with Crippen molar-refractivity contribution in [1.82, 2.24) is 0 Å². The quantitative estimate of drug-likeness (QED) is 0.0233. The minimum absolute atomic E-state index is 0.160. The van der Waals surface area contributed by atoms with Crippen molar-refractivity contribution in [3.8, 4) is 0 Å². The van der Waals surface area contributed by atoms with Crippen molar-refractivity contribution in [1.29, 1.82) is 0 Å². The molecule has 0 spiro atoms. The summed E-state index contributed by atoms with van der Waals surface area (Å²) in [5.41, 5.74) is 5.33. The predicted octanol–water partition coefficient (Wildman–Crippen LogP) is 11.2. The van der Waals surface area contributed by atoms with Crippen molar-refractivity contribution >= 4 is 25.7 Å². The highest BCUT2D eigenvalue weighted by Gasteiger charge is 2.28. The molecule has 0 fully saturated rings. The van der Waals surface area contributed by atoms with E-state index in [0.29, 0.717) is 12.8 Å². The van der Waals surface area contributed by atoms with Gasteiger partial charge >= 0.3 is 25.7 Å². The summed E-state index contributed by atoms with van der Waals surface area (Å²) in [5, 5.41) is 8.88. The lowest BCUT2D eigenvalue weighted by Gasteiger charge is -2.20. The standard InChI is InChI=1S/C43H78NO10P/c1-3-5-7-9-11-13-15-17-19-21-23-25-27-29-31-33-35-42(46)54-39(37-52-55(49,50)53-38-40(44)43(47)48)36-51-41(45)34-32-30-28-26-24-22-20-18-16-14-12-10-8-6-4-2/h6,8,12,14,18,20,39-40H,3-5,7,9-11,13,15-17,19,21-38,44H2,1-2H3,(H,47,48)(H,49,50)/b8-6-,14-12-,20-18-/t39-,40+/m1/s1. The molecule has 55 heavy (non-hydrogen) atoms. The highest BCUT2D eigenvalue weighted by molar-refractivity contribution is 7.47. The number of carboxylic acid groups (broad SMARTS) is 1. The molecule has 0 amide bonds. The molecule has 0 saturated carbocycles. The maximum absolute atomic E-state index is 12.6. The van der Waals surface area contributed by atoms with Crippen LogP contribution >= 0.6 is 7.82 Å². The third-order valence-electron chi connectivity index (χ3n) is 9.15. The number of esters is 2. The molecule has 320 valence electrons. The van der Waals surface area contributed by atoms with E-state index in [-0.39, 0.29) is 19.4 Å². The Morgan fingerprint density at radius 2 is 1.02 bits per heavy atom. The number of hydrogen-bond acceptors (Lipinski definition) is 9. The molecule has 0 aromatic carbocycles. The third-order valence-corrected chi connectivity index (χ3v) is 10.1. The summed E-state index contributed by atoms with van der Waals surface area (Å²) in [7, 11) is -4.72. The zero-order valence-electron chi connectivity index (χ0n) is 34.5. The Kier molecular flexibility index (Phi) is 37.0. The number of hydrogen-bond donors (Lipinski definition) is 3. The van der Waals surface area contributed by atoms with Gasteiger partial charge in [0.1, 0.15) is 12.6 Å². The predicted molar refractivity (Wildman–Crippen MR) is 222 cm³/mol. The number of allylic oxidation sites excluding steroid dienone is 6. The van der Waals surface area contributed by atoms with Crippen LogP contribution in [0.25, 0.3) is 0 Å². The van der Waals surface area contributed by atoms with Gasteiger partial charge in [-0.2, -0.15) is 0 Å². The zero-order valence-corrected chi connectivity index (χ0v) is 35.4. The van der Waals surface area contributed by atoms with Gasteiger partial charge in [-0.1, -0.05) is 166 Å². The summed E-state index contributed by atoms with van der Waals surface area (Å²) in [6, 6.07) is -1.52. The number of rotatable bonds is 40. The van der Waals surface area contributed by atoms with Crippen LogP contribution in [0.1, 0.15) is 187 Å². The molecule has 0 bridgehead atoms. The molecule has 3 atom stereocenters. The van der Waals surface area contributed by atoms with Crippen LogP contribution in [0.2, 0.25) is 0 Å². The molecule has 0 saturated heterocycles. The first-order chi connectivity index (χ1) is 26.6. The van der Waals surface area contributed by atoms with Gasteiger partial charge in [-0.25, -0.2) is 4.57 Å². The largest absolute Gasteiger partial charge is 0.480 e. The van der Waals surface area contributed by atoms with Crippen LogP contribution in [0, 0.1) is 0 Å². The second kappa shape index (κ2) is 38.6. The maximum Gasteiger partial charge on any atom is 0.472 e. The number of phosphoric acid groups is 1. The number of nitrogens with two attached hydrogens (primary N) is 1. The van der Waals surface area contributed by atoms with Crippen molar-refractivity contribution < 1.29 is 47.5 Å². The van der Waals surface area contributed by atoms with Gasteiger partial charge < -0.3 is 25.2 Å². The first-order valence-corrected chi connectivity index (χ1v) is 23.0. The molecule has 0 radical (unpaired) electrons. The minimum Gasteiger partial charge on any atom is -0.480 e. The first kappa shape index (κ1) is 52.7. The van der Waals surface area contributed by atoms with Crippen LogP contribution in [-0.2, 0) is 37.5 Å². The van der Waals surface area contributed by atoms with Gasteiger partial charge in [0.2, 0.25) is 0 Å². The summed E-state index contributed by atoms with van der Waals surface area (Å²) >= 11 is 0. The summed E-state index contributed by atoms with van der Waals surface area (Å²) in [4.78, 5) is 45.9. The normalized spacial score (nSPS) is 14.1. The lowest BCUT2D eigenvalue weighted by atomic mass is 10.0. The average Bonchev–Trinajstić information content (AvgIpc) is 3.16. The number of aliphatic carboxylic acids is 1. The Balaban J connectivity index is 4.38. The van der Waals surface area contributed by atoms with E-state index in [9.17, 15) is 23.8 Å². The van der Waals surface area contributed by atoms with E-state index in [1.165, 1.54) is 77.0 Å². The first-order valence-electron chi connectivity index (χ1n) is 21.5. The van der Waals surface area contributed by atoms with Crippen LogP contribution in [0.15, 0.2) is 36.5 Å². The van der Waals surface area contributed by atoms with E-state index in [2.05, 4.69) is 54.8 Å². The molecule has 0 aromatic rings. The summed E-state index contributed by atoms with van der Waals surface area (Å²) < 4.78 is 32.7. The molecule has 11 nitrogen and oxygen atoms in total. The van der Waals surface area contributed by atoms with Crippen molar-refractivity contribution in [3.63, 3.8) is 0 Å². The van der Waals surface area contributed by atoms with Crippen LogP contribution in [0.3, 0.4) is 0 Å². The number of phosphoric ester groups is 1. The van der Waals surface area contributed by atoms with Crippen molar-refractivity contribution in [2.75, 3.05) is 19.8 Å². The Bertz CT molecular complexity index is 1080. The molecule has 0 aliphatic heterocycles. The van der Waals surface area contributed by atoms with Crippen molar-refractivity contribution in [2.24, 2.45) is 5.73 Å². The van der Waals surface area contributed by atoms with E-state index in [1.54, 1.807) is 0 Å². The van der Waals surface area contributed by atoms with E-state index < -0.39 is 51.1 Å². The number of carbonyl (C=O) groups excluding carboxylic acids is 2. The Labute approximate surface area is 333 Å². The second-order valence-corrected chi connectivity index (χ2v) is 15.9. The smallest absolute Gasteiger partial charge is 0.472 e. The minimum atomic E-state index is -4.72. The van der Waals surface area contributed by atoms with Crippen LogP contribution in [0.4, 0.5) is 0 Å². The molecule has 0 rings (SSSR count). The highest BCUT2D eigenvalue weighted by atomic mass is 31.2. The van der Waals surface area contributed by atoms with Gasteiger partial charge in [0, 0.05) is 12.8 Å². The fourth-order valence-electron chi connectivity index (χ4n) is 5.79. The van der Waals surface area contributed by atoms with Gasteiger partial charge in [0.15, 0.2) is 6.10 Å². The fraction of sp³-hybridized carbons (Fsp3) is 0.791. The SMILES string of the molecule is CC/C=C\C/C=C\C/C=C\CCCCCCCC(=O)OC[C@H](COP(=O)(O)OC[C@H](N)C(=O)O)OC(=O)CCCCCCCCCCCCCCCCCC. The van der Waals surface area contributed by atoms with Gasteiger partial charge in [-0.15, -0.1) is 0 Å². The molecular formula is C43H78NO10P. The van der Waals surface area contributed by atoms with E-state index in [0.717, 1.165) is 70.6 Å². The van der Waals surface area contributed by atoms with Crippen LogP contribution < -0.4 is 5.73 Å². The van der Waals surface area contributed by atoms with E-state index in [4.69, 9.17) is 24.8 Å². The zero-order chi connectivity index (χ0) is 40.7. The van der Waals surface area contributed by atoms with Gasteiger partial charge in [0.05, 0.1) is 13.2 Å². The van der Waals surface area contributed by atoms with Gasteiger partial charge in [-0.3, -0.25) is 23.4 Å². The summed E-state index contributed by atoms with van der Waals surface area (Å²) in [6.45, 7) is 2.68. The summed E-state index contributed by atoms with van der Waals surface area (Å²) in [6.07, 6.45) is 40.6. The molecule has 12 heteroatoms. The van der Waals surface area contributed by atoms with Crippen LogP contribution in [0.5, 0.6) is 0 Å². The summed E-state index contributed by atoms with van der Waals surface area (Å²) in [5.74, 6) is -2.39. The molecule has 0 aromatic heterocycles. The molecule has 0 heterocycles. The lowest BCUT2D eigenvalue weighted by Crippen LogP contribution is -2.34. The molecule has 4 N–H and O–H groups in total. The van der Waals surface area contributed by atoms with E-state index in [1.807, 2.05) is 0 Å². The van der Waals surface area contributed by atoms with E-state index >= 15 is 0 Å². The van der Waals surface area contributed by atoms with Gasteiger partial charge in [0.25, 0.3) is 0 Å². The average molecular weight is 800 g/mol. The number of carboxylic acids is 1. The molecule has 0 aliphatic rings. The topological polar surface area (TPSA) is 172 Å². The molecule has 1 unspecified atom stereocenters. The molecule has 0 aliphatic carbocycles. The van der Waals surface area contributed by atoms with Crippen molar-refractivity contribution in [2.45, 2.75) is 199 Å². The fourth-order valence-corrected chi connectivity index (χ4v) is 6.56. The monoisotopic (exact) mass is 800 g/mol. The Hall–Kier alpha value is -2.30. The Morgan fingerprint density at radius 1 is 0.582 bits per heavy atom. The highest BCUT2D eigenvalue weighted by Crippen LogP contribution is 2.43. The lowest BCUT2D eigenvalue weighted by molar-refractivity contribution is -0.161. The van der Waals surface area contributed by atoms with Gasteiger partial charge in [-0.05, 0) is 44.9 Å². The number of unbranched alkanes of at least 4 members (excludes halogenated alkanes) is 20. The third kappa shape index (κ3) is 38.4. The second-order valence-electron chi connectivity index (χ2n) is 14.5. The van der Waals surface area contributed by atoms with Crippen molar-refractivity contribution in [3.05, 3.63) is 36.5 Å². The van der Waals surface area contributed by atoms with Crippen LogP contribution in [-0.4, -0.2) is 59.9 Å². The number of ether oxygens (including phenoxy) is 2. The number of carbonyl (C=O) groups is 3. The molecular weight excluding hydrogens is 721 g/mol. The maximum atomic E-state index is 12.6. The Morgan fingerprint density at radius 3 is 1.53 bits per heavy atom.